The summed E-state index contributed by atoms with van der Waals surface area (Å²) in [6.07, 6.45) is -3.67. The van der Waals surface area contributed by atoms with E-state index in [0.29, 0.717) is 5.03 Å². The van der Waals surface area contributed by atoms with Gasteiger partial charge in [0.2, 0.25) is 11.8 Å². The molecule has 0 bridgehead atoms. The Morgan fingerprint density at radius 3 is 2.56 bits per heavy atom. The Kier molecular flexibility index (Phi) is 6.72. The van der Waals surface area contributed by atoms with Crippen molar-refractivity contribution in [3.63, 3.8) is 0 Å². The third kappa shape index (κ3) is 6.51. The normalized spacial score (nSPS) is 15.8. The molecule has 2 rings (SSSR count). The highest BCUT2D eigenvalue weighted by Crippen LogP contribution is 2.29. The van der Waals surface area contributed by atoms with Gasteiger partial charge >= 0.3 is 12.3 Å². The highest BCUT2D eigenvalue weighted by Gasteiger charge is 2.31. The van der Waals surface area contributed by atoms with Crippen LogP contribution >= 0.6 is 11.8 Å². The first-order chi connectivity index (χ1) is 12.7. The lowest BCUT2D eigenvalue weighted by Crippen LogP contribution is -2.34. The minimum absolute atomic E-state index is 0.0853. The van der Waals surface area contributed by atoms with Gasteiger partial charge in [-0.15, -0.1) is 13.2 Å². The van der Waals surface area contributed by atoms with Gasteiger partial charge in [-0.25, -0.2) is 4.79 Å². The van der Waals surface area contributed by atoms with E-state index >= 15 is 0 Å². The first-order valence-corrected chi connectivity index (χ1v) is 8.64. The number of amides is 2. The van der Waals surface area contributed by atoms with Crippen LogP contribution < -0.4 is 10.1 Å². The standard InChI is InChI=1S/C16H15F3N2O5S/c1-2-25-15(24)7-14-21(13(23)9-27-14)8-12(22)20-10-3-5-11(6-4-10)26-16(17,18)19/h3-7H,2,8-9H2,1H3,(H,20,22)/b14-7-. The molecule has 0 spiro atoms. The van der Waals surface area contributed by atoms with Crippen LogP contribution in [0.1, 0.15) is 6.92 Å². The number of hydrogen-bond donors (Lipinski definition) is 1. The average molecular weight is 404 g/mol. The summed E-state index contributed by atoms with van der Waals surface area (Å²) in [5, 5.41) is 2.75. The molecular weight excluding hydrogens is 389 g/mol. The molecule has 1 heterocycles. The van der Waals surface area contributed by atoms with E-state index in [9.17, 15) is 27.6 Å². The Morgan fingerprint density at radius 2 is 1.96 bits per heavy atom. The van der Waals surface area contributed by atoms with Gasteiger partial charge in [-0.1, -0.05) is 11.8 Å². The molecule has 27 heavy (non-hydrogen) atoms. The van der Waals surface area contributed by atoms with Gasteiger partial charge < -0.3 is 14.8 Å². The first-order valence-electron chi connectivity index (χ1n) is 7.65. The maximum Gasteiger partial charge on any atom is 0.573 e. The number of hydrogen-bond acceptors (Lipinski definition) is 6. The number of halogens is 3. The van der Waals surface area contributed by atoms with E-state index in [4.69, 9.17) is 4.74 Å². The summed E-state index contributed by atoms with van der Waals surface area (Å²) in [6.45, 7) is 1.47. The first kappa shape index (κ1) is 20.6. The molecule has 0 saturated carbocycles. The third-order valence-electron chi connectivity index (χ3n) is 3.11. The molecule has 1 aliphatic rings. The zero-order valence-corrected chi connectivity index (χ0v) is 14.9. The van der Waals surface area contributed by atoms with Crippen molar-refractivity contribution in [1.82, 2.24) is 4.90 Å². The Bertz CT molecular complexity index is 749. The number of thioether (sulfide) groups is 1. The van der Waals surface area contributed by atoms with Gasteiger partial charge in [0.15, 0.2) is 0 Å². The topological polar surface area (TPSA) is 84.9 Å². The van der Waals surface area contributed by atoms with E-state index in [2.05, 4.69) is 10.1 Å². The van der Waals surface area contributed by atoms with Crippen molar-refractivity contribution in [3.8, 4) is 5.75 Å². The molecule has 146 valence electrons. The number of nitrogens with one attached hydrogen (secondary N) is 1. The highest BCUT2D eigenvalue weighted by molar-refractivity contribution is 8.04. The smallest absolute Gasteiger partial charge is 0.463 e. The molecule has 1 aromatic rings. The zero-order chi connectivity index (χ0) is 20.0. The number of carbonyl (C=O) groups is 3. The van der Waals surface area contributed by atoms with Crippen LogP contribution in [0.5, 0.6) is 5.75 Å². The van der Waals surface area contributed by atoms with Crippen molar-refractivity contribution in [2.24, 2.45) is 0 Å². The Morgan fingerprint density at radius 1 is 1.30 bits per heavy atom. The maximum absolute atomic E-state index is 12.1. The van der Waals surface area contributed by atoms with Crippen molar-refractivity contribution < 1.29 is 37.0 Å². The summed E-state index contributed by atoms with van der Waals surface area (Å²) >= 11 is 1.10. The molecule has 11 heteroatoms. The van der Waals surface area contributed by atoms with Gasteiger partial charge in [0, 0.05) is 5.69 Å². The molecule has 0 aliphatic carbocycles. The Labute approximate surface area is 156 Å². The number of ether oxygens (including phenoxy) is 2. The number of nitrogens with zero attached hydrogens (tertiary/aromatic N) is 1. The van der Waals surface area contributed by atoms with Crippen LogP contribution in [0, 0.1) is 0 Å². The van der Waals surface area contributed by atoms with Crippen LogP contribution in [-0.2, 0) is 19.1 Å². The lowest BCUT2D eigenvalue weighted by Gasteiger charge is -2.16. The van der Waals surface area contributed by atoms with Crippen molar-refractivity contribution in [2.45, 2.75) is 13.3 Å². The summed E-state index contributed by atoms with van der Waals surface area (Å²) in [4.78, 5) is 36.7. The van der Waals surface area contributed by atoms with Crippen LogP contribution in [0.15, 0.2) is 35.4 Å². The van der Waals surface area contributed by atoms with E-state index in [1.54, 1.807) is 6.92 Å². The van der Waals surface area contributed by atoms with Crippen LogP contribution in [0.25, 0.3) is 0 Å². The summed E-state index contributed by atoms with van der Waals surface area (Å²) < 4.78 is 44.9. The lowest BCUT2D eigenvalue weighted by molar-refractivity contribution is -0.274. The molecule has 1 aromatic carbocycles. The van der Waals surface area contributed by atoms with Gasteiger partial charge in [-0.05, 0) is 31.2 Å². The number of alkyl halides is 3. The molecular formula is C16H15F3N2O5S. The number of esters is 1. The quantitative estimate of drug-likeness (QED) is 0.579. The molecule has 0 unspecified atom stereocenters. The molecule has 2 amide bonds. The predicted molar refractivity (Wildman–Crippen MR) is 90.6 cm³/mol. The van der Waals surface area contributed by atoms with Crippen molar-refractivity contribution >= 4 is 35.2 Å². The monoisotopic (exact) mass is 404 g/mol. The van der Waals surface area contributed by atoms with Crippen molar-refractivity contribution in [1.29, 1.82) is 0 Å². The fourth-order valence-electron chi connectivity index (χ4n) is 2.07. The van der Waals surface area contributed by atoms with Crippen molar-refractivity contribution in [3.05, 3.63) is 35.4 Å². The second-order valence-corrected chi connectivity index (χ2v) is 6.12. The third-order valence-corrected chi connectivity index (χ3v) is 4.14. The van der Waals surface area contributed by atoms with Gasteiger partial charge in [0.25, 0.3) is 0 Å². The van der Waals surface area contributed by atoms with E-state index < -0.39 is 24.0 Å². The fourth-order valence-corrected chi connectivity index (χ4v) is 3.00. The second-order valence-electron chi connectivity index (χ2n) is 5.12. The number of anilines is 1. The fraction of sp³-hybridized carbons (Fsp3) is 0.312. The van der Waals surface area contributed by atoms with Crippen molar-refractivity contribution in [2.75, 3.05) is 24.2 Å². The molecule has 0 radical (unpaired) electrons. The Hall–Kier alpha value is -2.69. The largest absolute Gasteiger partial charge is 0.573 e. The molecule has 7 nitrogen and oxygen atoms in total. The average Bonchev–Trinajstić information content (AvgIpc) is 2.88. The highest BCUT2D eigenvalue weighted by atomic mass is 32.2. The van der Waals surface area contributed by atoms with Gasteiger partial charge in [0.05, 0.1) is 23.5 Å². The number of carbonyl (C=O) groups excluding carboxylic acids is 3. The molecule has 1 saturated heterocycles. The molecule has 0 atom stereocenters. The SMILES string of the molecule is CCOC(=O)/C=C1\SCC(=O)N1CC(=O)Nc1ccc(OC(F)(F)F)cc1. The second kappa shape index (κ2) is 8.80. The molecule has 1 fully saturated rings. The van der Waals surface area contributed by atoms with Crippen LogP contribution in [-0.4, -0.2) is 48.0 Å². The summed E-state index contributed by atoms with van der Waals surface area (Å²) in [5.41, 5.74) is 0.227. The summed E-state index contributed by atoms with van der Waals surface area (Å²) in [7, 11) is 0. The van der Waals surface area contributed by atoms with E-state index in [1.165, 1.54) is 12.1 Å². The van der Waals surface area contributed by atoms with E-state index in [1.807, 2.05) is 0 Å². The van der Waals surface area contributed by atoms with Gasteiger partial charge in [0.1, 0.15) is 12.3 Å². The van der Waals surface area contributed by atoms with Crippen LogP contribution in [0.2, 0.25) is 0 Å². The minimum atomic E-state index is -4.81. The lowest BCUT2D eigenvalue weighted by atomic mass is 10.3. The molecule has 0 aromatic heterocycles. The summed E-state index contributed by atoms with van der Waals surface area (Å²) in [6, 6.07) is 4.56. The van der Waals surface area contributed by atoms with Crippen LogP contribution in [0.4, 0.5) is 18.9 Å². The van der Waals surface area contributed by atoms with Gasteiger partial charge in [-0.3, -0.25) is 14.5 Å². The molecule has 1 aliphatic heterocycles. The molecule has 1 N–H and O–H groups in total. The van der Waals surface area contributed by atoms with E-state index in [0.717, 1.165) is 34.9 Å². The van der Waals surface area contributed by atoms with Crippen LogP contribution in [0.3, 0.4) is 0 Å². The minimum Gasteiger partial charge on any atom is -0.463 e. The van der Waals surface area contributed by atoms with Gasteiger partial charge in [-0.2, -0.15) is 0 Å². The summed E-state index contributed by atoms with van der Waals surface area (Å²) in [5.74, 6) is -1.89. The maximum atomic E-state index is 12.1. The number of rotatable bonds is 6. The predicted octanol–water partition coefficient (Wildman–Crippen LogP) is 2.50. The zero-order valence-electron chi connectivity index (χ0n) is 14.0. The Balaban J connectivity index is 1.97. The van der Waals surface area contributed by atoms with E-state index in [-0.39, 0.29) is 30.5 Å². The number of benzene rings is 1.